The standard InChI is InChI=1S/C16H14N2S.HI/c1-18-14(12-8-4-2-5-9-12)15(19-16(18)17)13-10-6-3-7-11-13;/h2-11,17H,1H3;1H. The van der Waals surface area contributed by atoms with Gasteiger partial charge in [0.15, 0.2) is 4.80 Å². The summed E-state index contributed by atoms with van der Waals surface area (Å²) in [5.41, 5.74) is 3.43. The lowest BCUT2D eigenvalue weighted by atomic mass is 10.1. The number of aromatic nitrogens is 1. The van der Waals surface area contributed by atoms with Crippen molar-refractivity contribution in [1.29, 1.82) is 5.41 Å². The molecule has 2 nitrogen and oxygen atoms in total. The van der Waals surface area contributed by atoms with E-state index in [0.29, 0.717) is 4.80 Å². The quantitative estimate of drug-likeness (QED) is 0.620. The molecule has 0 atom stereocenters. The van der Waals surface area contributed by atoms with Crippen LogP contribution in [0.4, 0.5) is 0 Å². The van der Waals surface area contributed by atoms with Crippen LogP contribution in [0.15, 0.2) is 60.7 Å². The second-order valence-corrected chi connectivity index (χ2v) is 5.38. The van der Waals surface area contributed by atoms with Gasteiger partial charge in [0.05, 0.1) is 10.6 Å². The molecule has 0 bridgehead atoms. The molecule has 0 spiro atoms. The van der Waals surface area contributed by atoms with Crippen LogP contribution in [0, 0.1) is 5.41 Å². The van der Waals surface area contributed by atoms with Crippen molar-refractivity contribution in [2.45, 2.75) is 0 Å². The molecule has 0 amide bonds. The number of nitrogens with zero attached hydrogens (tertiary/aromatic N) is 1. The third-order valence-electron chi connectivity index (χ3n) is 3.14. The van der Waals surface area contributed by atoms with E-state index in [9.17, 15) is 0 Å². The van der Waals surface area contributed by atoms with E-state index in [1.54, 1.807) is 0 Å². The first kappa shape index (κ1) is 15.0. The largest absolute Gasteiger partial charge is 0.319 e. The molecule has 0 unspecified atom stereocenters. The molecule has 0 saturated heterocycles. The predicted molar refractivity (Wildman–Crippen MR) is 95.4 cm³/mol. The van der Waals surface area contributed by atoms with E-state index in [-0.39, 0.29) is 24.0 Å². The molecule has 102 valence electrons. The van der Waals surface area contributed by atoms with Gasteiger partial charge in [-0.1, -0.05) is 72.0 Å². The van der Waals surface area contributed by atoms with Crippen molar-refractivity contribution in [3.8, 4) is 21.7 Å². The highest BCUT2D eigenvalue weighted by Crippen LogP contribution is 2.33. The molecule has 1 N–H and O–H groups in total. The second kappa shape index (κ2) is 6.37. The maximum Gasteiger partial charge on any atom is 0.182 e. The number of thiazole rings is 1. The highest BCUT2D eigenvalue weighted by Gasteiger charge is 2.13. The molecule has 0 fully saturated rings. The highest BCUT2D eigenvalue weighted by atomic mass is 127. The van der Waals surface area contributed by atoms with Crippen molar-refractivity contribution in [2.75, 3.05) is 0 Å². The molecule has 20 heavy (non-hydrogen) atoms. The molecule has 4 heteroatoms. The highest BCUT2D eigenvalue weighted by molar-refractivity contribution is 14.0. The van der Waals surface area contributed by atoms with Gasteiger partial charge >= 0.3 is 0 Å². The molecule has 3 rings (SSSR count). The van der Waals surface area contributed by atoms with Crippen molar-refractivity contribution in [3.63, 3.8) is 0 Å². The summed E-state index contributed by atoms with van der Waals surface area (Å²) in [5, 5.41) is 8.06. The maximum atomic E-state index is 8.06. The van der Waals surface area contributed by atoms with Crippen LogP contribution in [0.1, 0.15) is 0 Å². The van der Waals surface area contributed by atoms with E-state index in [4.69, 9.17) is 5.41 Å². The Morgan fingerprint density at radius 2 is 1.35 bits per heavy atom. The number of halogens is 1. The number of rotatable bonds is 2. The van der Waals surface area contributed by atoms with Crippen molar-refractivity contribution >= 4 is 35.3 Å². The second-order valence-electron chi connectivity index (χ2n) is 4.38. The SMILES string of the molecule is Cn1c(-c2ccccc2)c(-c2ccccc2)sc1=N.I. The monoisotopic (exact) mass is 394 g/mol. The Kier molecular flexibility index (Phi) is 4.77. The van der Waals surface area contributed by atoms with E-state index < -0.39 is 0 Å². The van der Waals surface area contributed by atoms with Crippen LogP contribution in [-0.4, -0.2) is 4.57 Å². The van der Waals surface area contributed by atoms with Crippen LogP contribution in [0.25, 0.3) is 21.7 Å². The Morgan fingerprint density at radius 1 is 0.850 bits per heavy atom. The molecule has 0 aliphatic heterocycles. The lowest BCUT2D eigenvalue weighted by molar-refractivity contribution is 0.867. The van der Waals surface area contributed by atoms with E-state index in [0.717, 1.165) is 16.1 Å². The molecule has 0 saturated carbocycles. The maximum absolute atomic E-state index is 8.06. The summed E-state index contributed by atoms with van der Waals surface area (Å²) >= 11 is 1.52. The first-order valence-corrected chi connectivity index (χ1v) is 6.94. The summed E-state index contributed by atoms with van der Waals surface area (Å²) in [4.78, 5) is 1.72. The Labute approximate surface area is 139 Å². The Hall–Kier alpha value is -1.40. The number of hydrogen-bond donors (Lipinski definition) is 1. The van der Waals surface area contributed by atoms with Crippen molar-refractivity contribution in [2.24, 2.45) is 7.05 Å². The van der Waals surface area contributed by atoms with E-state index in [1.807, 2.05) is 48.0 Å². The summed E-state index contributed by atoms with van der Waals surface area (Å²) in [6.45, 7) is 0. The van der Waals surface area contributed by atoms with Gasteiger partial charge in [-0.25, -0.2) is 0 Å². The molecule has 1 heterocycles. The van der Waals surface area contributed by atoms with Crippen molar-refractivity contribution in [3.05, 3.63) is 65.5 Å². The zero-order valence-electron chi connectivity index (χ0n) is 11.0. The molecule has 3 aromatic rings. The lowest BCUT2D eigenvalue weighted by Crippen LogP contribution is -2.08. The smallest absolute Gasteiger partial charge is 0.182 e. The van der Waals surface area contributed by atoms with Gasteiger partial charge in [-0.05, 0) is 11.1 Å². The zero-order valence-corrected chi connectivity index (χ0v) is 14.2. The van der Waals surface area contributed by atoms with Gasteiger partial charge in [-0.15, -0.1) is 24.0 Å². The average Bonchev–Trinajstić information content (AvgIpc) is 2.77. The molecular weight excluding hydrogens is 379 g/mol. The summed E-state index contributed by atoms with van der Waals surface area (Å²) in [6, 6.07) is 20.5. The lowest BCUT2D eigenvalue weighted by Gasteiger charge is -2.06. The van der Waals surface area contributed by atoms with Crippen LogP contribution < -0.4 is 4.80 Å². The Bertz CT molecular complexity index is 745. The fraction of sp³-hybridized carbons (Fsp3) is 0.0625. The van der Waals surface area contributed by atoms with Gasteiger partial charge in [0.25, 0.3) is 0 Å². The number of nitrogens with one attached hydrogen (secondary N) is 1. The first-order chi connectivity index (χ1) is 9.27. The van der Waals surface area contributed by atoms with Gasteiger partial charge in [-0.2, -0.15) is 0 Å². The molecule has 1 aromatic heterocycles. The van der Waals surface area contributed by atoms with Gasteiger partial charge in [0, 0.05) is 7.05 Å². The van der Waals surface area contributed by atoms with E-state index in [1.165, 1.54) is 16.9 Å². The number of benzene rings is 2. The molecule has 0 aliphatic carbocycles. The van der Waals surface area contributed by atoms with Gasteiger partial charge in [-0.3, -0.25) is 5.41 Å². The van der Waals surface area contributed by atoms with E-state index in [2.05, 4.69) is 24.3 Å². The minimum absolute atomic E-state index is 0. The van der Waals surface area contributed by atoms with Crippen LogP contribution in [0.5, 0.6) is 0 Å². The topological polar surface area (TPSA) is 28.8 Å². The van der Waals surface area contributed by atoms with Crippen molar-refractivity contribution < 1.29 is 0 Å². The van der Waals surface area contributed by atoms with Crippen molar-refractivity contribution in [1.82, 2.24) is 4.57 Å². The molecule has 2 aromatic carbocycles. The van der Waals surface area contributed by atoms with Crippen LogP contribution in [0.3, 0.4) is 0 Å². The zero-order chi connectivity index (χ0) is 13.2. The van der Waals surface area contributed by atoms with Crippen LogP contribution >= 0.6 is 35.3 Å². The normalized spacial score (nSPS) is 10.1. The molecule has 0 radical (unpaired) electrons. The fourth-order valence-corrected chi connectivity index (χ4v) is 3.20. The summed E-state index contributed by atoms with van der Waals surface area (Å²) in [6.07, 6.45) is 0. The molecule has 0 aliphatic rings. The summed E-state index contributed by atoms with van der Waals surface area (Å²) in [5.74, 6) is 0. The van der Waals surface area contributed by atoms with Crippen LogP contribution in [0.2, 0.25) is 0 Å². The predicted octanol–water partition coefficient (Wildman–Crippen LogP) is 4.52. The Balaban J connectivity index is 0.00000147. The van der Waals surface area contributed by atoms with Crippen LogP contribution in [-0.2, 0) is 7.05 Å². The minimum Gasteiger partial charge on any atom is -0.319 e. The third-order valence-corrected chi connectivity index (χ3v) is 4.24. The van der Waals surface area contributed by atoms with Gasteiger partial charge in [0.2, 0.25) is 0 Å². The third kappa shape index (κ3) is 2.71. The fourth-order valence-electron chi connectivity index (χ4n) is 2.17. The summed E-state index contributed by atoms with van der Waals surface area (Å²) in [7, 11) is 1.95. The summed E-state index contributed by atoms with van der Waals surface area (Å²) < 4.78 is 1.95. The minimum atomic E-state index is 0. The average molecular weight is 394 g/mol. The molecular formula is C16H15IN2S. The number of hydrogen-bond acceptors (Lipinski definition) is 2. The van der Waals surface area contributed by atoms with Gasteiger partial charge < -0.3 is 4.57 Å². The first-order valence-electron chi connectivity index (χ1n) is 6.12. The van der Waals surface area contributed by atoms with Gasteiger partial charge in [0.1, 0.15) is 0 Å². The Morgan fingerprint density at radius 3 is 1.90 bits per heavy atom. The van der Waals surface area contributed by atoms with E-state index >= 15 is 0 Å².